The van der Waals surface area contributed by atoms with Crippen molar-refractivity contribution in [1.29, 1.82) is 0 Å². The molecule has 0 spiro atoms. The van der Waals surface area contributed by atoms with Gasteiger partial charge in [0.05, 0.1) is 12.5 Å². The molecule has 22 heavy (non-hydrogen) atoms. The first-order valence-corrected chi connectivity index (χ1v) is 8.06. The molecule has 0 saturated carbocycles. The van der Waals surface area contributed by atoms with Gasteiger partial charge in [0.2, 0.25) is 5.91 Å². The minimum atomic E-state index is -0.199. The summed E-state index contributed by atoms with van der Waals surface area (Å²) in [4.78, 5) is 16.8. The van der Waals surface area contributed by atoms with Gasteiger partial charge in [-0.2, -0.15) is 0 Å². The van der Waals surface area contributed by atoms with Gasteiger partial charge in [-0.05, 0) is 30.5 Å². The van der Waals surface area contributed by atoms with Gasteiger partial charge in [0.1, 0.15) is 5.82 Å². The lowest BCUT2D eigenvalue weighted by atomic mass is 10.1. The third kappa shape index (κ3) is 3.84. The molecule has 1 amide bonds. The molecule has 2 saturated heterocycles. The van der Waals surface area contributed by atoms with Crippen molar-refractivity contribution >= 4 is 5.91 Å². The van der Waals surface area contributed by atoms with Crippen LogP contribution in [0.3, 0.4) is 0 Å². The fraction of sp³-hybridized carbons (Fsp3) is 0.588. The normalized spacial score (nSPS) is 23.5. The maximum absolute atomic E-state index is 13.0. The van der Waals surface area contributed by atoms with Crippen molar-refractivity contribution in [3.8, 4) is 0 Å². The smallest absolute Gasteiger partial charge is 0.228 e. The van der Waals surface area contributed by atoms with Gasteiger partial charge in [0, 0.05) is 39.3 Å². The molecule has 2 heterocycles. The van der Waals surface area contributed by atoms with E-state index >= 15 is 0 Å². The number of benzene rings is 1. The molecular weight excluding hydrogens is 283 g/mol. The molecule has 1 aromatic rings. The van der Waals surface area contributed by atoms with Crippen LogP contribution in [-0.4, -0.2) is 55.1 Å². The summed E-state index contributed by atoms with van der Waals surface area (Å²) in [5.74, 6) is 0.111. The zero-order valence-corrected chi connectivity index (χ0v) is 12.8. The Bertz CT molecular complexity index is 500. The van der Waals surface area contributed by atoms with E-state index in [2.05, 4.69) is 4.90 Å². The SMILES string of the molecule is O=C([C@H]1CCOC1)N1CCCN(Cc2ccc(F)cc2)CC1. The standard InChI is InChI=1S/C17H23FN2O2/c18-16-4-2-14(3-5-16)12-19-7-1-8-20(10-9-19)17(21)15-6-11-22-13-15/h2-5,15H,1,6-13H2/t15-/m0/s1. The van der Waals surface area contributed by atoms with Gasteiger partial charge < -0.3 is 9.64 Å². The second kappa shape index (κ2) is 7.20. The third-order valence-corrected chi connectivity index (χ3v) is 4.50. The molecule has 2 aliphatic heterocycles. The molecule has 1 aromatic carbocycles. The van der Waals surface area contributed by atoms with Gasteiger partial charge in [-0.25, -0.2) is 4.39 Å². The fourth-order valence-corrected chi connectivity index (χ4v) is 3.18. The van der Waals surface area contributed by atoms with Gasteiger partial charge in [-0.15, -0.1) is 0 Å². The lowest BCUT2D eigenvalue weighted by molar-refractivity contribution is -0.135. The topological polar surface area (TPSA) is 32.8 Å². The summed E-state index contributed by atoms with van der Waals surface area (Å²) >= 11 is 0. The van der Waals surface area contributed by atoms with Crippen molar-refractivity contribution in [2.45, 2.75) is 19.4 Å². The Hall–Kier alpha value is -1.46. The molecule has 2 fully saturated rings. The Labute approximate surface area is 130 Å². The molecule has 3 rings (SSSR count). The van der Waals surface area contributed by atoms with Gasteiger partial charge in [-0.1, -0.05) is 12.1 Å². The van der Waals surface area contributed by atoms with Gasteiger partial charge >= 0.3 is 0 Å². The molecule has 0 radical (unpaired) electrons. The van der Waals surface area contributed by atoms with Crippen LogP contribution >= 0.6 is 0 Å². The van der Waals surface area contributed by atoms with Crippen LogP contribution in [0.5, 0.6) is 0 Å². The van der Waals surface area contributed by atoms with Crippen LogP contribution in [0.15, 0.2) is 24.3 Å². The van der Waals surface area contributed by atoms with E-state index in [0.29, 0.717) is 13.2 Å². The monoisotopic (exact) mass is 306 g/mol. The second-order valence-corrected chi connectivity index (χ2v) is 6.14. The summed E-state index contributed by atoms with van der Waals surface area (Å²) < 4.78 is 18.3. The van der Waals surface area contributed by atoms with Gasteiger partial charge in [-0.3, -0.25) is 9.69 Å². The Kier molecular flexibility index (Phi) is 5.05. The Morgan fingerprint density at radius 3 is 2.73 bits per heavy atom. The van der Waals surface area contributed by atoms with Crippen LogP contribution in [0.25, 0.3) is 0 Å². The first-order chi connectivity index (χ1) is 10.7. The van der Waals surface area contributed by atoms with Crippen LogP contribution < -0.4 is 0 Å². The number of carbonyl (C=O) groups excluding carboxylic acids is 1. The lowest BCUT2D eigenvalue weighted by Crippen LogP contribution is -2.39. The Balaban J connectivity index is 1.53. The van der Waals surface area contributed by atoms with E-state index in [4.69, 9.17) is 4.74 Å². The highest BCUT2D eigenvalue weighted by Crippen LogP contribution is 2.17. The van der Waals surface area contributed by atoms with E-state index in [-0.39, 0.29) is 17.6 Å². The van der Waals surface area contributed by atoms with Crippen LogP contribution in [0.1, 0.15) is 18.4 Å². The highest BCUT2D eigenvalue weighted by molar-refractivity contribution is 5.79. The van der Waals surface area contributed by atoms with Crippen molar-refractivity contribution < 1.29 is 13.9 Å². The zero-order valence-electron chi connectivity index (χ0n) is 12.8. The second-order valence-electron chi connectivity index (χ2n) is 6.14. The number of rotatable bonds is 3. The predicted octanol–water partition coefficient (Wildman–Crippen LogP) is 1.90. The molecule has 120 valence electrons. The maximum Gasteiger partial charge on any atom is 0.228 e. The minimum Gasteiger partial charge on any atom is -0.381 e. The third-order valence-electron chi connectivity index (χ3n) is 4.50. The fourth-order valence-electron chi connectivity index (χ4n) is 3.18. The number of nitrogens with zero attached hydrogens (tertiary/aromatic N) is 2. The molecule has 1 atom stereocenters. The summed E-state index contributed by atoms with van der Waals surface area (Å²) in [6.07, 6.45) is 1.84. The number of carbonyl (C=O) groups is 1. The van der Waals surface area contributed by atoms with E-state index < -0.39 is 0 Å². The molecular formula is C17H23FN2O2. The molecule has 0 aromatic heterocycles. The summed E-state index contributed by atoms with van der Waals surface area (Å²) in [5.41, 5.74) is 1.12. The first kappa shape index (κ1) is 15.4. The summed E-state index contributed by atoms with van der Waals surface area (Å²) in [5, 5.41) is 0. The maximum atomic E-state index is 13.0. The highest BCUT2D eigenvalue weighted by atomic mass is 19.1. The van der Waals surface area contributed by atoms with Crippen LogP contribution in [-0.2, 0) is 16.1 Å². The van der Waals surface area contributed by atoms with Crippen molar-refractivity contribution in [1.82, 2.24) is 9.80 Å². The summed E-state index contributed by atoms with van der Waals surface area (Å²) in [6.45, 7) is 5.55. The van der Waals surface area contributed by atoms with E-state index in [1.807, 2.05) is 17.0 Å². The summed E-state index contributed by atoms with van der Waals surface area (Å²) in [6, 6.07) is 6.67. The average Bonchev–Trinajstić information content (AvgIpc) is 2.96. The van der Waals surface area contributed by atoms with Crippen molar-refractivity contribution in [2.75, 3.05) is 39.4 Å². The predicted molar refractivity (Wildman–Crippen MR) is 81.8 cm³/mol. The van der Waals surface area contributed by atoms with E-state index in [1.54, 1.807) is 0 Å². The molecule has 0 N–H and O–H groups in total. The number of amides is 1. The van der Waals surface area contributed by atoms with Crippen molar-refractivity contribution in [3.05, 3.63) is 35.6 Å². The van der Waals surface area contributed by atoms with Crippen molar-refractivity contribution in [3.63, 3.8) is 0 Å². The van der Waals surface area contributed by atoms with Crippen molar-refractivity contribution in [2.24, 2.45) is 5.92 Å². The molecule has 2 aliphatic rings. The molecule has 5 heteroatoms. The average molecular weight is 306 g/mol. The molecule has 0 bridgehead atoms. The zero-order chi connectivity index (χ0) is 15.4. The van der Waals surface area contributed by atoms with E-state index in [9.17, 15) is 9.18 Å². The van der Waals surface area contributed by atoms with E-state index in [1.165, 1.54) is 12.1 Å². The van der Waals surface area contributed by atoms with Crippen LogP contribution in [0.2, 0.25) is 0 Å². The Morgan fingerprint density at radius 1 is 1.18 bits per heavy atom. The molecule has 0 unspecified atom stereocenters. The van der Waals surface area contributed by atoms with Crippen LogP contribution in [0.4, 0.5) is 4.39 Å². The van der Waals surface area contributed by atoms with Crippen LogP contribution in [0, 0.1) is 11.7 Å². The molecule has 4 nitrogen and oxygen atoms in total. The minimum absolute atomic E-state index is 0.0589. The Morgan fingerprint density at radius 2 is 2.00 bits per heavy atom. The number of halogens is 1. The largest absolute Gasteiger partial charge is 0.381 e. The number of hydrogen-bond acceptors (Lipinski definition) is 3. The van der Waals surface area contributed by atoms with Gasteiger partial charge in [0.15, 0.2) is 0 Å². The first-order valence-electron chi connectivity index (χ1n) is 8.06. The lowest BCUT2D eigenvalue weighted by Gasteiger charge is -2.24. The number of ether oxygens (including phenoxy) is 1. The van der Waals surface area contributed by atoms with E-state index in [0.717, 1.165) is 51.1 Å². The summed E-state index contributed by atoms with van der Waals surface area (Å²) in [7, 11) is 0. The highest BCUT2D eigenvalue weighted by Gasteiger charge is 2.29. The number of hydrogen-bond donors (Lipinski definition) is 0. The molecule has 0 aliphatic carbocycles. The van der Waals surface area contributed by atoms with Gasteiger partial charge in [0.25, 0.3) is 0 Å². The quantitative estimate of drug-likeness (QED) is 0.855.